The quantitative estimate of drug-likeness (QED) is 0.707. The van der Waals surface area contributed by atoms with E-state index in [1.807, 2.05) is 12.1 Å². The minimum atomic E-state index is -3.27. The van der Waals surface area contributed by atoms with E-state index in [0.717, 1.165) is 16.7 Å². The Balaban J connectivity index is 1.72. The molecule has 0 fully saturated rings. The summed E-state index contributed by atoms with van der Waals surface area (Å²) in [5.74, 6) is -0.268. The van der Waals surface area contributed by atoms with Gasteiger partial charge in [-0.15, -0.1) is 0 Å². The highest BCUT2D eigenvalue weighted by Crippen LogP contribution is 2.37. The van der Waals surface area contributed by atoms with Gasteiger partial charge in [0.05, 0.1) is 10.6 Å². The molecule has 0 aromatic heterocycles. The third kappa shape index (κ3) is 3.71. The lowest BCUT2D eigenvalue weighted by molar-refractivity contribution is 0.0995. The molecule has 29 heavy (non-hydrogen) atoms. The van der Waals surface area contributed by atoms with Crippen molar-refractivity contribution < 1.29 is 18.0 Å². The van der Waals surface area contributed by atoms with Gasteiger partial charge >= 0.3 is 0 Å². The fourth-order valence-electron chi connectivity index (χ4n) is 3.63. The van der Waals surface area contributed by atoms with Crippen LogP contribution in [0.25, 0.3) is 11.1 Å². The zero-order chi connectivity index (χ0) is 20.6. The number of hydrogen-bond donors (Lipinski definition) is 1. The lowest BCUT2D eigenvalue weighted by Gasteiger charge is -2.14. The number of nitrogens with one attached hydrogen (secondary N) is 1. The Labute approximate surface area is 169 Å². The molecular weight excluding hydrogens is 386 g/mol. The van der Waals surface area contributed by atoms with Crippen molar-refractivity contribution in [3.63, 3.8) is 0 Å². The predicted octanol–water partition coefficient (Wildman–Crippen LogP) is 4.14. The van der Waals surface area contributed by atoms with Crippen LogP contribution in [0.15, 0.2) is 71.6 Å². The standard InChI is InChI=1S/C23H19NO4S/c1-29(27,28)17-9-7-15(8-10-17)18-11-13-20(22-19(18)12-14-21(22)25)24-23(26)16-5-3-2-4-6-16/h2-11,13H,12,14H2,1H3,(H,24,26). The molecule has 1 aliphatic rings. The largest absolute Gasteiger partial charge is 0.321 e. The molecule has 0 aliphatic heterocycles. The predicted molar refractivity (Wildman–Crippen MR) is 112 cm³/mol. The summed E-state index contributed by atoms with van der Waals surface area (Å²) in [5, 5.41) is 2.86. The number of anilines is 1. The van der Waals surface area contributed by atoms with E-state index in [0.29, 0.717) is 29.7 Å². The molecule has 0 atom stereocenters. The van der Waals surface area contributed by atoms with Crippen molar-refractivity contribution >= 4 is 27.2 Å². The number of Topliss-reactive ketones (excluding diaryl/α,β-unsaturated/α-hetero) is 1. The molecule has 3 aromatic carbocycles. The second-order valence-electron chi connectivity index (χ2n) is 7.05. The van der Waals surface area contributed by atoms with Gasteiger partial charge in [-0.2, -0.15) is 0 Å². The van der Waals surface area contributed by atoms with Crippen molar-refractivity contribution in [2.24, 2.45) is 0 Å². The van der Waals surface area contributed by atoms with Gasteiger partial charge in [0.2, 0.25) is 0 Å². The normalized spacial score (nSPS) is 13.2. The first-order chi connectivity index (χ1) is 13.8. The molecule has 0 radical (unpaired) electrons. The summed E-state index contributed by atoms with van der Waals surface area (Å²) < 4.78 is 23.4. The monoisotopic (exact) mass is 405 g/mol. The van der Waals surface area contributed by atoms with Crippen molar-refractivity contribution in [3.8, 4) is 11.1 Å². The molecule has 1 amide bonds. The molecule has 4 rings (SSSR count). The van der Waals surface area contributed by atoms with E-state index in [2.05, 4.69) is 5.32 Å². The van der Waals surface area contributed by atoms with Gasteiger partial charge in [0.25, 0.3) is 5.91 Å². The van der Waals surface area contributed by atoms with Gasteiger partial charge in [0.1, 0.15) is 0 Å². The highest BCUT2D eigenvalue weighted by molar-refractivity contribution is 7.90. The third-order valence-electron chi connectivity index (χ3n) is 5.07. The second kappa shape index (κ2) is 7.29. The number of amides is 1. The highest BCUT2D eigenvalue weighted by atomic mass is 32.2. The van der Waals surface area contributed by atoms with Crippen molar-refractivity contribution in [3.05, 3.63) is 83.4 Å². The lowest BCUT2D eigenvalue weighted by atomic mass is 9.95. The molecule has 6 heteroatoms. The van der Waals surface area contributed by atoms with Crippen molar-refractivity contribution in [1.82, 2.24) is 0 Å². The summed E-state index contributed by atoms with van der Waals surface area (Å²) in [4.78, 5) is 25.3. The van der Waals surface area contributed by atoms with Crippen LogP contribution in [-0.4, -0.2) is 26.4 Å². The van der Waals surface area contributed by atoms with E-state index < -0.39 is 9.84 Å². The fourth-order valence-corrected chi connectivity index (χ4v) is 4.26. The number of sulfone groups is 1. The maximum atomic E-state index is 12.5. The number of carbonyl (C=O) groups is 2. The number of hydrogen-bond acceptors (Lipinski definition) is 4. The number of fused-ring (bicyclic) bond motifs is 1. The average molecular weight is 405 g/mol. The van der Waals surface area contributed by atoms with Crippen LogP contribution in [0.2, 0.25) is 0 Å². The summed E-state index contributed by atoms with van der Waals surface area (Å²) in [6, 6.07) is 19.1. The van der Waals surface area contributed by atoms with Gasteiger partial charge in [-0.1, -0.05) is 36.4 Å². The molecule has 0 saturated carbocycles. The Morgan fingerprint density at radius 1 is 0.897 bits per heavy atom. The fraction of sp³-hybridized carbons (Fsp3) is 0.130. The molecule has 0 unspecified atom stereocenters. The van der Waals surface area contributed by atoms with Crippen molar-refractivity contribution in [1.29, 1.82) is 0 Å². The maximum Gasteiger partial charge on any atom is 0.255 e. The maximum absolute atomic E-state index is 12.5. The topological polar surface area (TPSA) is 80.3 Å². The number of benzene rings is 3. The molecule has 0 spiro atoms. The Morgan fingerprint density at radius 3 is 2.24 bits per heavy atom. The van der Waals surface area contributed by atoms with Gasteiger partial charge in [-0.05, 0) is 53.4 Å². The van der Waals surface area contributed by atoms with E-state index in [1.54, 1.807) is 54.6 Å². The lowest BCUT2D eigenvalue weighted by Crippen LogP contribution is -2.14. The first kappa shape index (κ1) is 19.1. The number of rotatable bonds is 4. The molecule has 3 aromatic rings. The summed E-state index contributed by atoms with van der Waals surface area (Å²) in [6.07, 6.45) is 2.15. The van der Waals surface area contributed by atoms with Crippen LogP contribution in [0.3, 0.4) is 0 Å². The summed E-state index contributed by atoms with van der Waals surface area (Å²) in [5.41, 5.74) is 4.17. The van der Waals surface area contributed by atoms with E-state index in [9.17, 15) is 18.0 Å². The van der Waals surface area contributed by atoms with Crippen LogP contribution in [0.4, 0.5) is 5.69 Å². The smallest absolute Gasteiger partial charge is 0.255 e. The van der Waals surface area contributed by atoms with Gasteiger partial charge < -0.3 is 5.32 Å². The minimum absolute atomic E-state index is 0.00188. The van der Waals surface area contributed by atoms with Gasteiger partial charge in [-0.25, -0.2) is 8.42 Å². The van der Waals surface area contributed by atoms with Crippen LogP contribution < -0.4 is 5.32 Å². The highest BCUT2D eigenvalue weighted by Gasteiger charge is 2.27. The van der Waals surface area contributed by atoms with Crippen LogP contribution in [0.5, 0.6) is 0 Å². The number of carbonyl (C=O) groups excluding carboxylic acids is 2. The first-order valence-corrected chi connectivity index (χ1v) is 11.1. The summed E-state index contributed by atoms with van der Waals surface area (Å²) in [7, 11) is -3.27. The minimum Gasteiger partial charge on any atom is -0.321 e. The Morgan fingerprint density at radius 2 is 1.59 bits per heavy atom. The SMILES string of the molecule is CS(=O)(=O)c1ccc(-c2ccc(NC(=O)c3ccccc3)c3c2CCC3=O)cc1. The second-order valence-corrected chi connectivity index (χ2v) is 9.07. The molecule has 0 bridgehead atoms. The average Bonchev–Trinajstić information content (AvgIpc) is 3.10. The van der Waals surface area contributed by atoms with Gasteiger partial charge in [0, 0.05) is 23.8 Å². The summed E-state index contributed by atoms with van der Waals surface area (Å²) >= 11 is 0. The Bertz CT molecular complexity index is 1210. The van der Waals surface area contributed by atoms with Crippen LogP contribution >= 0.6 is 0 Å². The molecular formula is C23H19NO4S. The van der Waals surface area contributed by atoms with Gasteiger partial charge in [0.15, 0.2) is 15.6 Å². The van der Waals surface area contributed by atoms with E-state index in [4.69, 9.17) is 0 Å². The van der Waals surface area contributed by atoms with E-state index in [1.165, 1.54) is 6.26 Å². The molecule has 1 N–H and O–H groups in total. The molecule has 0 heterocycles. The number of ketones is 1. The zero-order valence-corrected chi connectivity index (χ0v) is 16.6. The van der Waals surface area contributed by atoms with Gasteiger partial charge in [-0.3, -0.25) is 9.59 Å². The van der Waals surface area contributed by atoms with Crippen LogP contribution in [0.1, 0.15) is 32.7 Å². The van der Waals surface area contributed by atoms with E-state index >= 15 is 0 Å². The molecule has 146 valence electrons. The Hall–Kier alpha value is -3.25. The van der Waals surface area contributed by atoms with Crippen LogP contribution in [0, 0.1) is 0 Å². The Kier molecular flexibility index (Phi) is 4.80. The van der Waals surface area contributed by atoms with Crippen molar-refractivity contribution in [2.75, 3.05) is 11.6 Å². The zero-order valence-electron chi connectivity index (χ0n) is 15.8. The summed E-state index contributed by atoms with van der Waals surface area (Å²) in [6.45, 7) is 0. The first-order valence-electron chi connectivity index (χ1n) is 9.20. The molecule has 0 saturated heterocycles. The third-order valence-corrected chi connectivity index (χ3v) is 6.20. The van der Waals surface area contributed by atoms with Crippen molar-refractivity contribution in [2.45, 2.75) is 17.7 Å². The van der Waals surface area contributed by atoms with Crippen LogP contribution in [-0.2, 0) is 16.3 Å². The molecule has 5 nitrogen and oxygen atoms in total. The van der Waals surface area contributed by atoms with E-state index in [-0.39, 0.29) is 16.6 Å². The molecule has 1 aliphatic carbocycles.